The molecule has 0 saturated carbocycles. The summed E-state index contributed by atoms with van der Waals surface area (Å²) in [4.78, 5) is 6.84. The molecule has 2 heterocycles. The van der Waals surface area contributed by atoms with E-state index in [0.29, 0.717) is 23.9 Å². The molecule has 0 spiro atoms. The minimum absolute atomic E-state index is 0.476. The van der Waals surface area contributed by atoms with Gasteiger partial charge in [0.2, 0.25) is 0 Å². The molecule has 0 atom stereocenters. The average molecular weight is 326 g/mol. The molecule has 3 aromatic rings. The summed E-state index contributed by atoms with van der Waals surface area (Å²) in [5.41, 5.74) is 2.21. The van der Waals surface area contributed by atoms with E-state index < -0.39 is 0 Å². The van der Waals surface area contributed by atoms with Crippen LogP contribution in [0.4, 0.5) is 0 Å². The minimum Gasteiger partial charge on any atom is -0.361 e. The lowest BCUT2D eigenvalue weighted by Gasteiger charge is -2.19. The summed E-state index contributed by atoms with van der Waals surface area (Å²) in [5.74, 6) is 1.83. The van der Waals surface area contributed by atoms with Gasteiger partial charge in [-0.2, -0.15) is 4.98 Å². The molecule has 0 aliphatic carbocycles. The Morgan fingerprint density at radius 1 is 1.04 bits per heavy atom. The fourth-order valence-electron chi connectivity index (χ4n) is 2.61. The Hall–Kier alpha value is -2.47. The van der Waals surface area contributed by atoms with Gasteiger partial charge in [-0.1, -0.05) is 36.3 Å². The zero-order chi connectivity index (χ0) is 16.8. The van der Waals surface area contributed by atoms with Gasteiger partial charge in [-0.05, 0) is 37.2 Å². The van der Waals surface area contributed by atoms with E-state index in [1.165, 1.54) is 12.0 Å². The standard InChI is InChI=1S/C18H22N4O2/c1-3-11-22(4-2)13-14-5-7-15(8-6-14)18-20-17(21-24-18)12-16-9-10-19-23-16/h5-10H,3-4,11-13H2,1-2H3. The van der Waals surface area contributed by atoms with Crippen LogP contribution in [-0.2, 0) is 13.0 Å². The van der Waals surface area contributed by atoms with Gasteiger partial charge in [0.25, 0.3) is 5.89 Å². The van der Waals surface area contributed by atoms with Crippen LogP contribution < -0.4 is 0 Å². The van der Waals surface area contributed by atoms with Crippen LogP contribution in [0.25, 0.3) is 11.5 Å². The Labute approximate surface area is 141 Å². The van der Waals surface area contributed by atoms with Crippen LogP contribution in [0.3, 0.4) is 0 Å². The molecule has 0 bridgehead atoms. The topological polar surface area (TPSA) is 68.2 Å². The van der Waals surface area contributed by atoms with Gasteiger partial charge < -0.3 is 9.05 Å². The first-order chi connectivity index (χ1) is 11.8. The van der Waals surface area contributed by atoms with Crippen LogP contribution in [0, 0.1) is 0 Å². The minimum atomic E-state index is 0.476. The lowest BCUT2D eigenvalue weighted by molar-refractivity contribution is 0.280. The van der Waals surface area contributed by atoms with Gasteiger partial charge in [0, 0.05) is 18.2 Å². The maximum Gasteiger partial charge on any atom is 0.257 e. The smallest absolute Gasteiger partial charge is 0.257 e. The van der Waals surface area contributed by atoms with E-state index in [9.17, 15) is 0 Å². The molecule has 6 nitrogen and oxygen atoms in total. The summed E-state index contributed by atoms with van der Waals surface area (Å²) in [7, 11) is 0. The molecule has 24 heavy (non-hydrogen) atoms. The quantitative estimate of drug-likeness (QED) is 0.630. The number of hydrogen-bond donors (Lipinski definition) is 0. The molecule has 2 aromatic heterocycles. The highest BCUT2D eigenvalue weighted by molar-refractivity contribution is 5.53. The highest BCUT2D eigenvalue weighted by Gasteiger charge is 2.11. The Morgan fingerprint density at radius 3 is 2.54 bits per heavy atom. The predicted molar refractivity (Wildman–Crippen MR) is 90.3 cm³/mol. The SMILES string of the molecule is CCCN(CC)Cc1ccc(-c2nc(Cc3ccno3)no2)cc1. The Morgan fingerprint density at radius 2 is 1.88 bits per heavy atom. The Kier molecular flexibility index (Phi) is 5.38. The number of hydrogen-bond acceptors (Lipinski definition) is 6. The average Bonchev–Trinajstić information content (AvgIpc) is 3.28. The van der Waals surface area contributed by atoms with E-state index in [1.807, 2.05) is 12.1 Å². The molecule has 0 N–H and O–H groups in total. The van der Waals surface area contributed by atoms with E-state index in [0.717, 1.165) is 25.2 Å². The van der Waals surface area contributed by atoms with Gasteiger partial charge in [0.1, 0.15) is 5.76 Å². The van der Waals surface area contributed by atoms with Crippen molar-refractivity contribution in [2.75, 3.05) is 13.1 Å². The van der Waals surface area contributed by atoms with Gasteiger partial charge in [-0.25, -0.2) is 0 Å². The monoisotopic (exact) mass is 326 g/mol. The van der Waals surface area contributed by atoms with Crippen molar-refractivity contribution < 1.29 is 9.05 Å². The van der Waals surface area contributed by atoms with Crippen molar-refractivity contribution in [1.29, 1.82) is 0 Å². The van der Waals surface area contributed by atoms with Crippen molar-refractivity contribution >= 4 is 0 Å². The van der Waals surface area contributed by atoms with Crippen LogP contribution in [-0.4, -0.2) is 33.3 Å². The number of aromatic nitrogens is 3. The molecule has 0 aliphatic heterocycles. The van der Waals surface area contributed by atoms with Gasteiger partial charge in [-0.15, -0.1) is 0 Å². The normalized spacial score (nSPS) is 11.3. The molecule has 0 aliphatic rings. The zero-order valence-corrected chi connectivity index (χ0v) is 14.1. The second-order valence-corrected chi connectivity index (χ2v) is 5.74. The van der Waals surface area contributed by atoms with Crippen LogP contribution in [0.1, 0.15) is 37.4 Å². The summed E-state index contributed by atoms with van der Waals surface area (Å²) in [5, 5.41) is 7.67. The Balaban J connectivity index is 1.66. The molecular formula is C18H22N4O2. The fourth-order valence-corrected chi connectivity index (χ4v) is 2.61. The molecular weight excluding hydrogens is 304 g/mol. The van der Waals surface area contributed by atoms with Crippen LogP contribution in [0.2, 0.25) is 0 Å². The maximum absolute atomic E-state index is 5.35. The molecule has 126 valence electrons. The van der Waals surface area contributed by atoms with Crippen molar-refractivity contribution in [2.24, 2.45) is 0 Å². The second kappa shape index (κ2) is 7.88. The molecule has 0 fully saturated rings. The third kappa shape index (κ3) is 4.08. The third-order valence-corrected chi connectivity index (χ3v) is 3.89. The van der Waals surface area contributed by atoms with Crippen molar-refractivity contribution in [3.63, 3.8) is 0 Å². The number of benzene rings is 1. The van der Waals surface area contributed by atoms with Crippen molar-refractivity contribution in [3.8, 4) is 11.5 Å². The van der Waals surface area contributed by atoms with E-state index in [-0.39, 0.29) is 0 Å². The zero-order valence-electron chi connectivity index (χ0n) is 14.1. The molecule has 1 aromatic carbocycles. The van der Waals surface area contributed by atoms with Crippen LogP contribution in [0.5, 0.6) is 0 Å². The molecule has 0 radical (unpaired) electrons. The van der Waals surface area contributed by atoms with E-state index >= 15 is 0 Å². The summed E-state index contributed by atoms with van der Waals surface area (Å²) in [6.45, 7) is 7.54. The lowest BCUT2D eigenvalue weighted by atomic mass is 10.1. The van der Waals surface area contributed by atoms with E-state index in [1.54, 1.807) is 12.3 Å². The number of rotatable bonds is 8. The van der Waals surface area contributed by atoms with Crippen molar-refractivity contribution in [3.05, 3.63) is 53.7 Å². The van der Waals surface area contributed by atoms with E-state index in [4.69, 9.17) is 9.05 Å². The first-order valence-corrected chi connectivity index (χ1v) is 8.32. The molecule has 0 unspecified atom stereocenters. The summed E-state index contributed by atoms with van der Waals surface area (Å²) < 4.78 is 10.4. The second-order valence-electron chi connectivity index (χ2n) is 5.74. The lowest BCUT2D eigenvalue weighted by Crippen LogP contribution is -2.23. The highest BCUT2D eigenvalue weighted by Crippen LogP contribution is 2.19. The van der Waals surface area contributed by atoms with Crippen molar-refractivity contribution in [2.45, 2.75) is 33.2 Å². The van der Waals surface area contributed by atoms with E-state index in [2.05, 4.69) is 46.2 Å². The Bertz CT molecular complexity index is 735. The van der Waals surface area contributed by atoms with Gasteiger partial charge in [-0.3, -0.25) is 4.90 Å². The predicted octanol–water partition coefficient (Wildman–Crippen LogP) is 3.55. The first kappa shape index (κ1) is 16.4. The first-order valence-electron chi connectivity index (χ1n) is 8.32. The van der Waals surface area contributed by atoms with Gasteiger partial charge in [0.15, 0.2) is 5.82 Å². The van der Waals surface area contributed by atoms with Crippen LogP contribution in [0.15, 0.2) is 45.6 Å². The van der Waals surface area contributed by atoms with Gasteiger partial charge >= 0.3 is 0 Å². The molecule has 0 amide bonds. The molecule has 3 rings (SSSR count). The molecule has 0 saturated heterocycles. The summed E-state index contributed by atoms with van der Waals surface area (Å²) >= 11 is 0. The molecule has 6 heteroatoms. The largest absolute Gasteiger partial charge is 0.361 e. The van der Waals surface area contributed by atoms with Crippen molar-refractivity contribution in [1.82, 2.24) is 20.2 Å². The van der Waals surface area contributed by atoms with Crippen LogP contribution >= 0.6 is 0 Å². The number of nitrogens with zero attached hydrogens (tertiary/aromatic N) is 4. The van der Waals surface area contributed by atoms with Gasteiger partial charge in [0.05, 0.1) is 12.6 Å². The highest BCUT2D eigenvalue weighted by atomic mass is 16.5. The maximum atomic E-state index is 5.35. The third-order valence-electron chi connectivity index (χ3n) is 3.89. The fraction of sp³-hybridized carbons (Fsp3) is 0.389. The summed E-state index contributed by atoms with van der Waals surface area (Å²) in [6.07, 6.45) is 3.25. The summed E-state index contributed by atoms with van der Waals surface area (Å²) in [6, 6.07) is 10.1.